The van der Waals surface area contributed by atoms with Crippen molar-refractivity contribution in [3.8, 4) is 0 Å². The lowest BCUT2D eigenvalue weighted by Crippen LogP contribution is -2.37. The van der Waals surface area contributed by atoms with Crippen molar-refractivity contribution in [2.45, 2.75) is 25.3 Å². The second-order valence-corrected chi connectivity index (χ2v) is 10.5. The molecule has 0 unspecified atom stereocenters. The van der Waals surface area contributed by atoms with Crippen molar-refractivity contribution in [2.75, 3.05) is 40.1 Å². The van der Waals surface area contributed by atoms with Crippen molar-refractivity contribution >= 4 is 42.4 Å². The van der Waals surface area contributed by atoms with Gasteiger partial charge in [0.2, 0.25) is 10.5 Å². The first-order valence-corrected chi connectivity index (χ1v) is 13.5. The van der Waals surface area contributed by atoms with E-state index in [-0.39, 0.29) is 4.90 Å². The predicted molar refractivity (Wildman–Crippen MR) is 137 cm³/mol. The van der Waals surface area contributed by atoms with E-state index >= 15 is 0 Å². The molecule has 4 aromatic rings. The Hall–Kier alpha value is -2.40. The largest absolute Gasteiger partial charge is 0.744 e. The first-order chi connectivity index (χ1) is 16.8. The Kier molecular flexibility index (Phi) is 10.1. The van der Waals surface area contributed by atoms with Crippen LogP contribution in [0.2, 0.25) is 0 Å². The van der Waals surface area contributed by atoms with Crippen LogP contribution in [0.15, 0.2) is 65.6 Å². The maximum absolute atomic E-state index is 10.4. The molecule has 9 heteroatoms. The maximum atomic E-state index is 10.4. The molecule has 1 heterocycles. The topological polar surface area (TPSA) is 88.8 Å². The number of hydrogen-bond acceptors (Lipinski definition) is 7. The van der Waals surface area contributed by atoms with Crippen LogP contribution in [-0.4, -0.2) is 53.1 Å². The van der Waals surface area contributed by atoms with Crippen molar-refractivity contribution in [3.63, 3.8) is 0 Å². The summed E-state index contributed by atoms with van der Waals surface area (Å²) in [7, 11) is -2.60. The second kappa shape index (κ2) is 13.1. The molecular weight excluding hydrogens is 486 g/mol. The van der Waals surface area contributed by atoms with E-state index in [4.69, 9.17) is 14.2 Å². The van der Waals surface area contributed by atoms with Gasteiger partial charge in [-0.15, -0.1) is 0 Å². The van der Waals surface area contributed by atoms with Gasteiger partial charge in [-0.1, -0.05) is 53.3 Å². The number of fused-ring (bicyclic) bond motifs is 3. The van der Waals surface area contributed by atoms with Gasteiger partial charge in [0.05, 0.1) is 31.3 Å². The molecule has 4 rings (SSSR count). The van der Waals surface area contributed by atoms with E-state index in [1.807, 2.05) is 18.3 Å². The van der Waals surface area contributed by atoms with Crippen molar-refractivity contribution in [3.05, 3.63) is 71.2 Å². The summed E-state index contributed by atoms with van der Waals surface area (Å²) in [6.07, 6.45) is 0. The lowest BCUT2D eigenvalue weighted by molar-refractivity contribution is -0.674. The Morgan fingerprint density at radius 1 is 0.857 bits per heavy atom. The average Bonchev–Trinajstić information content (AvgIpc) is 3.16. The van der Waals surface area contributed by atoms with Gasteiger partial charge >= 0.3 is 0 Å². The normalized spacial score (nSPS) is 11.5. The molecular formula is C26H31NO6S2. The van der Waals surface area contributed by atoms with E-state index in [0.29, 0.717) is 33.0 Å². The standard InChI is InChI=1S/C19H24NO3S.C7H8O3S/c1-15-20(9-10-22-13-14-23-12-11-21-2)18-8-7-16-5-3-4-6-17(16)19(18)24-15;1-6-2-4-7(5-3-6)11(8,9)10/h3-8H,9-14H2,1-2H3;2-5H,1H3,(H,8,9,10)/q+1;/p-1. The zero-order valence-electron chi connectivity index (χ0n) is 20.2. The summed E-state index contributed by atoms with van der Waals surface area (Å²) in [5.74, 6) is 0. The number of thiazole rings is 1. The first kappa shape index (κ1) is 27.2. The molecule has 1 aromatic heterocycles. The minimum atomic E-state index is -4.27. The Balaban J connectivity index is 0.000000261. The van der Waals surface area contributed by atoms with Crippen LogP contribution < -0.4 is 4.57 Å². The molecule has 0 fully saturated rings. The maximum Gasteiger partial charge on any atom is 0.235 e. The van der Waals surface area contributed by atoms with Gasteiger partial charge in [0.25, 0.3) is 0 Å². The molecule has 7 nitrogen and oxygen atoms in total. The van der Waals surface area contributed by atoms with Crippen LogP contribution in [0.3, 0.4) is 0 Å². The Bertz CT molecular complexity index is 1330. The first-order valence-electron chi connectivity index (χ1n) is 11.3. The molecule has 0 atom stereocenters. The number of hydrogen-bond donors (Lipinski definition) is 0. The van der Waals surface area contributed by atoms with E-state index < -0.39 is 10.1 Å². The molecule has 0 saturated carbocycles. The number of aryl methyl sites for hydroxylation is 2. The molecule has 0 aliphatic carbocycles. The van der Waals surface area contributed by atoms with Gasteiger partial charge in [-0.3, -0.25) is 0 Å². The van der Waals surface area contributed by atoms with Gasteiger partial charge in [0.1, 0.15) is 21.4 Å². The van der Waals surface area contributed by atoms with Crippen LogP contribution in [0, 0.1) is 13.8 Å². The van der Waals surface area contributed by atoms with Crippen molar-refractivity contribution in [2.24, 2.45) is 0 Å². The van der Waals surface area contributed by atoms with Crippen molar-refractivity contribution in [1.29, 1.82) is 0 Å². The van der Waals surface area contributed by atoms with E-state index in [1.54, 1.807) is 19.2 Å². The molecule has 0 N–H and O–H groups in total. The van der Waals surface area contributed by atoms with Gasteiger partial charge in [-0.25, -0.2) is 8.42 Å². The SMILES string of the molecule is COCCOCCOCC[n+]1c(C)sc2c3ccccc3ccc21.Cc1ccc(S(=O)(=O)[O-])cc1. The van der Waals surface area contributed by atoms with Crippen molar-refractivity contribution < 1.29 is 31.7 Å². The summed E-state index contributed by atoms with van der Waals surface area (Å²) >= 11 is 1.85. The Morgan fingerprint density at radius 3 is 2.20 bits per heavy atom. The number of ether oxygens (including phenoxy) is 3. The highest BCUT2D eigenvalue weighted by atomic mass is 32.2. The average molecular weight is 518 g/mol. The summed E-state index contributed by atoms with van der Waals surface area (Å²) in [5, 5.41) is 3.93. The summed E-state index contributed by atoms with van der Waals surface area (Å²) < 4.78 is 50.9. The Morgan fingerprint density at radius 2 is 1.51 bits per heavy atom. The van der Waals surface area contributed by atoms with E-state index in [9.17, 15) is 13.0 Å². The molecule has 0 aliphatic heterocycles. The van der Waals surface area contributed by atoms with E-state index in [2.05, 4.69) is 47.9 Å². The van der Waals surface area contributed by atoms with Crippen LogP contribution in [0.5, 0.6) is 0 Å². The third-order valence-corrected chi connectivity index (χ3v) is 7.35. The van der Waals surface area contributed by atoms with E-state index in [0.717, 1.165) is 12.1 Å². The molecule has 188 valence electrons. The minimum absolute atomic E-state index is 0.178. The molecule has 35 heavy (non-hydrogen) atoms. The number of nitrogens with zero attached hydrogens (tertiary/aromatic N) is 1. The molecule has 0 radical (unpaired) electrons. The van der Waals surface area contributed by atoms with Gasteiger partial charge in [-0.2, -0.15) is 4.57 Å². The fraction of sp³-hybridized carbons (Fsp3) is 0.346. The van der Waals surface area contributed by atoms with Crippen LogP contribution in [0.1, 0.15) is 10.6 Å². The lowest BCUT2D eigenvalue weighted by Gasteiger charge is -2.05. The van der Waals surface area contributed by atoms with Crippen LogP contribution in [-0.2, 0) is 30.9 Å². The van der Waals surface area contributed by atoms with E-state index in [1.165, 1.54) is 38.1 Å². The summed E-state index contributed by atoms with van der Waals surface area (Å²) in [6.45, 7) is 8.03. The lowest BCUT2D eigenvalue weighted by atomic mass is 10.1. The number of methoxy groups -OCH3 is 1. The van der Waals surface area contributed by atoms with Crippen LogP contribution >= 0.6 is 11.3 Å². The number of rotatable bonds is 10. The molecule has 0 saturated heterocycles. The predicted octanol–water partition coefficient (Wildman–Crippen LogP) is 4.23. The molecule has 0 amide bonds. The fourth-order valence-corrected chi connectivity index (χ4v) is 5.17. The molecule has 0 bridgehead atoms. The zero-order chi connectivity index (χ0) is 25.3. The molecule has 3 aromatic carbocycles. The molecule has 0 spiro atoms. The third-order valence-electron chi connectivity index (χ3n) is 5.35. The summed E-state index contributed by atoms with van der Waals surface area (Å²) in [6, 6.07) is 18.8. The highest BCUT2D eigenvalue weighted by molar-refractivity contribution is 7.85. The third kappa shape index (κ3) is 7.79. The van der Waals surface area contributed by atoms with Gasteiger partial charge in [-0.05, 0) is 30.5 Å². The summed E-state index contributed by atoms with van der Waals surface area (Å²) in [4.78, 5) is -0.178. The number of aromatic nitrogens is 1. The Labute approximate surface area is 210 Å². The summed E-state index contributed by atoms with van der Waals surface area (Å²) in [5.41, 5.74) is 2.22. The quantitative estimate of drug-likeness (QED) is 0.178. The smallest absolute Gasteiger partial charge is 0.235 e. The fourth-order valence-electron chi connectivity index (χ4n) is 3.53. The monoisotopic (exact) mass is 517 g/mol. The highest BCUT2D eigenvalue weighted by Crippen LogP contribution is 2.28. The molecule has 0 aliphatic rings. The van der Waals surface area contributed by atoms with Gasteiger partial charge in [0, 0.05) is 25.5 Å². The van der Waals surface area contributed by atoms with Gasteiger partial charge < -0.3 is 18.8 Å². The minimum Gasteiger partial charge on any atom is -0.744 e. The van der Waals surface area contributed by atoms with Crippen LogP contribution in [0.4, 0.5) is 0 Å². The second-order valence-electron chi connectivity index (χ2n) is 7.89. The van der Waals surface area contributed by atoms with Crippen LogP contribution in [0.25, 0.3) is 21.0 Å². The zero-order valence-corrected chi connectivity index (χ0v) is 21.9. The highest BCUT2D eigenvalue weighted by Gasteiger charge is 2.18. The van der Waals surface area contributed by atoms with Gasteiger partial charge in [0.15, 0.2) is 6.54 Å². The number of benzene rings is 3. The van der Waals surface area contributed by atoms with Crippen molar-refractivity contribution in [1.82, 2.24) is 0 Å².